The van der Waals surface area contributed by atoms with Crippen LogP contribution in [0.25, 0.3) is 0 Å². The lowest BCUT2D eigenvalue weighted by Gasteiger charge is -2.18. The van der Waals surface area contributed by atoms with E-state index in [4.69, 9.17) is 14.2 Å². The first-order chi connectivity index (χ1) is 26.8. The van der Waals surface area contributed by atoms with E-state index >= 15 is 0 Å². The van der Waals surface area contributed by atoms with Crippen molar-refractivity contribution in [3.8, 4) is 0 Å². The summed E-state index contributed by atoms with van der Waals surface area (Å²) in [5.41, 5.74) is 0. The Bertz CT molecular complexity index is 841. The van der Waals surface area contributed by atoms with Gasteiger partial charge in [0.1, 0.15) is 13.2 Å². The molecule has 0 N–H and O–H groups in total. The highest BCUT2D eigenvalue weighted by Crippen LogP contribution is 2.17. The van der Waals surface area contributed by atoms with E-state index in [0.717, 1.165) is 69.6 Å². The monoisotopic (exact) mass is 779 g/mol. The van der Waals surface area contributed by atoms with Crippen LogP contribution in [0.5, 0.6) is 0 Å². The number of carbonyl (C=O) groups excluding carboxylic acids is 3. The van der Waals surface area contributed by atoms with Gasteiger partial charge in [0.05, 0.1) is 0 Å². The first-order valence-corrected chi connectivity index (χ1v) is 24.3. The number of unbranched alkanes of at least 4 members (excludes halogenated alkanes) is 27. The fraction of sp³-hybridized carbons (Fsp3) is 0.939. The number of rotatable bonds is 43. The highest BCUT2D eigenvalue weighted by atomic mass is 16.6. The zero-order valence-corrected chi connectivity index (χ0v) is 37.6. The molecule has 0 saturated heterocycles. The molecule has 326 valence electrons. The van der Waals surface area contributed by atoms with Crippen LogP contribution in [0.1, 0.15) is 266 Å². The summed E-state index contributed by atoms with van der Waals surface area (Å²) < 4.78 is 16.7. The van der Waals surface area contributed by atoms with Crippen LogP contribution in [0.15, 0.2) is 0 Å². The van der Waals surface area contributed by atoms with Crippen LogP contribution in [0.4, 0.5) is 0 Å². The summed E-state index contributed by atoms with van der Waals surface area (Å²) in [5, 5.41) is 0. The van der Waals surface area contributed by atoms with Gasteiger partial charge in [-0.05, 0) is 31.1 Å². The predicted octanol–water partition coefficient (Wildman–Crippen LogP) is 15.4. The Morgan fingerprint density at radius 3 is 1.04 bits per heavy atom. The molecule has 0 heterocycles. The molecule has 0 aromatic heterocycles. The average Bonchev–Trinajstić information content (AvgIpc) is 3.17. The maximum atomic E-state index is 12.7. The molecule has 1 unspecified atom stereocenters. The maximum absolute atomic E-state index is 12.7. The molecule has 0 saturated carbocycles. The third-order valence-corrected chi connectivity index (χ3v) is 11.3. The standard InChI is InChI=1S/C49H94O6/c1-6-8-9-10-11-12-20-23-29-34-39-47(50)53-42-46(55-49(52)41-36-31-26-25-28-33-38-45(5)7-2)43-54-48(51)40-35-30-24-21-18-16-14-13-15-17-19-22-27-32-37-44(3)4/h44-46H,6-43H2,1-5H3/t45?,46-/m0/s1. The first-order valence-electron chi connectivity index (χ1n) is 24.3. The lowest BCUT2D eigenvalue weighted by Crippen LogP contribution is -2.30. The van der Waals surface area contributed by atoms with Gasteiger partial charge in [0, 0.05) is 19.3 Å². The second-order valence-corrected chi connectivity index (χ2v) is 17.5. The molecule has 6 nitrogen and oxygen atoms in total. The van der Waals surface area contributed by atoms with Crippen molar-refractivity contribution in [3.63, 3.8) is 0 Å². The molecule has 0 aromatic rings. The van der Waals surface area contributed by atoms with E-state index in [-0.39, 0.29) is 31.1 Å². The minimum absolute atomic E-state index is 0.0651. The summed E-state index contributed by atoms with van der Waals surface area (Å²) in [5.74, 6) is 0.797. The summed E-state index contributed by atoms with van der Waals surface area (Å²) in [4.78, 5) is 37.7. The molecular formula is C49H94O6. The molecule has 0 spiro atoms. The Morgan fingerprint density at radius 2 is 0.691 bits per heavy atom. The summed E-state index contributed by atoms with van der Waals surface area (Å²) >= 11 is 0. The van der Waals surface area contributed by atoms with Gasteiger partial charge >= 0.3 is 17.9 Å². The average molecular weight is 779 g/mol. The number of hydrogen-bond donors (Lipinski definition) is 0. The summed E-state index contributed by atoms with van der Waals surface area (Å²) in [6.45, 7) is 11.3. The highest BCUT2D eigenvalue weighted by Gasteiger charge is 2.19. The highest BCUT2D eigenvalue weighted by molar-refractivity contribution is 5.71. The van der Waals surface area contributed by atoms with Crippen molar-refractivity contribution in [1.82, 2.24) is 0 Å². The number of carbonyl (C=O) groups is 3. The normalized spacial score (nSPS) is 12.5. The molecule has 0 fully saturated rings. The topological polar surface area (TPSA) is 78.9 Å². The lowest BCUT2D eigenvalue weighted by atomic mass is 10.00. The molecular weight excluding hydrogens is 685 g/mol. The van der Waals surface area contributed by atoms with Crippen molar-refractivity contribution in [1.29, 1.82) is 0 Å². The van der Waals surface area contributed by atoms with Gasteiger partial charge in [-0.1, -0.05) is 227 Å². The quantitative estimate of drug-likeness (QED) is 0.0348. The molecule has 55 heavy (non-hydrogen) atoms. The van der Waals surface area contributed by atoms with Gasteiger partial charge in [0.25, 0.3) is 0 Å². The van der Waals surface area contributed by atoms with Gasteiger partial charge in [0.15, 0.2) is 6.10 Å². The van der Waals surface area contributed by atoms with Crippen LogP contribution in [-0.4, -0.2) is 37.2 Å². The third kappa shape index (κ3) is 41.9. The summed E-state index contributed by atoms with van der Waals surface area (Å²) in [6.07, 6.45) is 40.9. The molecule has 0 rings (SSSR count). The Kier molecular flexibility index (Phi) is 40.8. The zero-order chi connectivity index (χ0) is 40.5. The van der Waals surface area contributed by atoms with Gasteiger partial charge in [-0.15, -0.1) is 0 Å². The van der Waals surface area contributed by atoms with E-state index in [1.165, 1.54) is 154 Å². The summed E-state index contributed by atoms with van der Waals surface area (Å²) in [6, 6.07) is 0. The minimum Gasteiger partial charge on any atom is -0.462 e. The fourth-order valence-electron chi connectivity index (χ4n) is 7.25. The van der Waals surface area contributed by atoms with Crippen molar-refractivity contribution >= 4 is 17.9 Å². The molecule has 0 aromatic carbocycles. The Balaban J connectivity index is 4.26. The van der Waals surface area contributed by atoms with Gasteiger partial charge in [-0.2, -0.15) is 0 Å². The lowest BCUT2D eigenvalue weighted by molar-refractivity contribution is -0.167. The summed E-state index contributed by atoms with van der Waals surface area (Å²) in [7, 11) is 0. The van der Waals surface area contributed by atoms with Crippen LogP contribution in [0.2, 0.25) is 0 Å². The van der Waals surface area contributed by atoms with Crippen molar-refractivity contribution in [2.24, 2.45) is 11.8 Å². The SMILES string of the molecule is CCCCCCCCCCCCC(=O)OC[C@@H](COC(=O)CCCCCCCCCCCCCCCCC(C)C)OC(=O)CCCCCCCCC(C)CC. The van der Waals surface area contributed by atoms with E-state index in [9.17, 15) is 14.4 Å². The maximum Gasteiger partial charge on any atom is 0.306 e. The van der Waals surface area contributed by atoms with Crippen LogP contribution in [-0.2, 0) is 28.6 Å². The molecule has 0 aliphatic heterocycles. The number of hydrogen-bond acceptors (Lipinski definition) is 6. The molecule has 0 radical (unpaired) electrons. The third-order valence-electron chi connectivity index (χ3n) is 11.3. The van der Waals surface area contributed by atoms with Gasteiger partial charge in [-0.25, -0.2) is 0 Å². The first kappa shape index (κ1) is 53.4. The second kappa shape index (κ2) is 42.0. The molecule has 0 bridgehead atoms. The van der Waals surface area contributed by atoms with E-state index < -0.39 is 6.10 Å². The molecule has 6 heteroatoms. The van der Waals surface area contributed by atoms with Gasteiger partial charge in [-0.3, -0.25) is 14.4 Å². The van der Waals surface area contributed by atoms with Crippen LogP contribution in [0.3, 0.4) is 0 Å². The van der Waals surface area contributed by atoms with Gasteiger partial charge < -0.3 is 14.2 Å². The van der Waals surface area contributed by atoms with Crippen molar-refractivity contribution in [2.75, 3.05) is 13.2 Å². The minimum atomic E-state index is -0.761. The number of ether oxygens (including phenoxy) is 3. The van der Waals surface area contributed by atoms with Crippen LogP contribution < -0.4 is 0 Å². The van der Waals surface area contributed by atoms with E-state index in [1.807, 2.05) is 0 Å². The van der Waals surface area contributed by atoms with E-state index in [1.54, 1.807) is 0 Å². The van der Waals surface area contributed by atoms with Crippen molar-refractivity contribution in [2.45, 2.75) is 272 Å². The van der Waals surface area contributed by atoms with Crippen molar-refractivity contribution < 1.29 is 28.6 Å². The molecule has 2 atom stereocenters. The number of esters is 3. The second-order valence-electron chi connectivity index (χ2n) is 17.5. The van der Waals surface area contributed by atoms with E-state index in [0.29, 0.717) is 19.3 Å². The van der Waals surface area contributed by atoms with E-state index in [2.05, 4.69) is 34.6 Å². The predicted molar refractivity (Wildman–Crippen MR) is 233 cm³/mol. The Morgan fingerprint density at radius 1 is 0.382 bits per heavy atom. The molecule has 0 aliphatic carbocycles. The van der Waals surface area contributed by atoms with Crippen molar-refractivity contribution in [3.05, 3.63) is 0 Å². The van der Waals surface area contributed by atoms with Gasteiger partial charge in [0.2, 0.25) is 0 Å². The molecule has 0 aliphatic rings. The molecule has 0 amide bonds. The van der Waals surface area contributed by atoms with Crippen LogP contribution in [0, 0.1) is 11.8 Å². The fourth-order valence-corrected chi connectivity index (χ4v) is 7.25. The largest absolute Gasteiger partial charge is 0.462 e. The smallest absolute Gasteiger partial charge is 0.306 e. The van der Waals surface area contributed by atoms with Crippen LogP contribution >= 0.6 is 0 Å². The Hall–Kier alpha value is -1.59. The Labute approximate surface area is 342 Å². The zero-order valence-electron chi connectivity index (χ0n) is 37.6.